The summed E-state index contributed by atoms with van der Waals surface area (Å²) < 4.78 is 16.7. The van der Waals surface area contributed by atoms with E-state index in [-0.39, 0.29) is 23.9 Å². The summed E-state index contributed by atoms with van der Waals surface area (Å²) in [4.78, 5) is 0. The van der Waals surface area contributed by atoms with Crippen LogP contribution in [0.3, 0.4) is 0 Å². The lowest BCUT2D eigenvalue weighted by Gasteiger charge is -2.65. The molecule has 4 saturated carbocycles. The third-order valence-electron chi connectivity index (χ3n) is 9.27. The van der Waals surface area contributed by atoms with Crippen molar-refractivity contribution in [3.05, 3.63) is 0 Å². The molecule has 0 aromatic rings. The Bertz CT molecular complexity index is 537. The van der Waals surface area contributed by atoms with Crippen molar-refractivity contribution in [3.8, 4) is 0 Å². The molecule has 0 amide bonds. The van der Waals surface area contributed by atoms with Gasteiger partial charge in [-0.1, -0.05) is 13.8 Å². The van der Waals surface area contributed by atoms with E-state index in [9.17, 15) is 15.3 Å². The molecule has 0 radical (unpaired) electrons. The average molecular weight is 340 g/mol. The van der Waals surface area contributed by atoms with Crippen molar-refractivity contribution in [2.24, 2.45) is 28.6 Å². The zero-order chi connectivity index (χ0) is 17.5. The lowest BCUT2D eigenvalue weighted by atomic mass is 9.42. The molecule has 4 heteroatoms. The number of hydrogen-bond donors (Lipinski definition) is 3. The molecule has 0 aromatic heterocycles. The summed E-state index contributed by atoms with van der Waals surface area (Å²) in [6, 6.07) is 0. The number of rotatable bonds is 0. The van der Waals surface area contributed by atoms with Crippen molar-refractivity contribution < 1.29 is 19.7 Å². The second-order valence-corrected chi connectivity index (χ2v) is 10.1. The maximum absolute atomic E-state index is 16.7. The Morgan fingerprint density at radius 3 is 2.29 bits per heavy atom. The molecule has 0 aliphatic heterocycles. The first-order chi connectivity index (χ1) is 11.1. The molecule has 0 spiro atoms. The smallest absolute Gasteiger partial charge is 0.145 e. The van der Waals surface area contributed by atoms with Crippen LogP contribution in [0.15, 0.2) is 0 Å². The summed E-state index contributed by atoms with van der Waals surface area (Å²) >= 11 is 0. The van der Waals surface area contributed by atoms with E-state index in [0.717, 1.165) is 19.3 Å². The van der Waals surface area contributed by atoms with Gasteiger partial charge in [-0.05, 0) is 76.0 Å². The van der Waals surface area contributed by atoms with E-state index >= 15 is 4.39 Å². The van der Waals surface area contributed by atoms with Crippen LogP contribution in [-0.2, 0) is 0 Å². The molecule has 9 atom stereocenters. The summed E-state index contributed by atoms with van der Waals surface area (Å²) in [7, 11) is 0. The first-order valence-corrected chi connectivity index (χ1v) is 9.84. The predicted octanol–water partition coefficient (Wildman–Crippen LogP) is 3.20. The van der Waals surface area contributed by atoms with Crippen LogP contribution in [0.25, 0.3) is 0 Å². The van der Waals surface area contributed by atoms with Crippen LogP contribution in [0.2, 0.25) is 0 Å². The van der Waals surface area contributed by atoms with Crippen molar-refractivity contribution in [2.45, 2.75) is 95.6 Å². The highest BCUT2D eigenvalue weighted by molar-refractivity contribution is 5.22. The number of halogens is 1. The minimum absolute atomic E-state index is 0.144. The Balaban J connectivity index is 1.76. The fourth-order valence-electron chi connectivity index (χ4n) is 7.46. The van der Waals surface area contributed by atoms with Gasteiger partial charge in [-0.3, -0.25) is 0 Å². The van der Waals surface area contributed by atoms with Crippen LogP contribution in [0.4, 0.5) is 4.39 Å². The molecule has 4 fully saturated rings. The predicted molar refractivity (Wildman–Crippen MR) is 90.1 cm³/mol. The molecule has 24 heavy (non-hydrogen) atoms. The molecule has 0 saturated heterocycles. The fourth-order valence-corrected chi connectivity index (χ4v) is 7.46. The summed E-state index contributed by atoms with van der Waals surface area (Å²) in [5.74, 6) is 0.130. The molecule has 3 N–H and O–H groups in total. The van der Waals surface area contributed by atoms with Gasteiger partial charge in [0.05, 0.1) is 17.8 Å². The molecule has 0 bridgehead atoms. The lowest BCUT2D eigenvalue weighted by Crippen LogP contribution is -2.70. The zero-order valence-corrected chi connectivity index (χ0v) is 15.3. The number of aliphatic hydroxyl groups is 3. The van der Waals surface area contributed by atoms with Crippen molar-refractivity contribution in [3.63, 3.8) is 0 Å². The summed E-state index contributed by atoms with van der Waals surface area (Å²) in [6.45, 7) is 5.95. The average Bonchev–Trinajstić information content (AvgIpc) is 2.72. The Morgan fingerprint density at radius 2 is 1.58 bits per heavy atom. The van der Waals surface area contributed by atoms with Gasteiger partial charge in [-0.25, -0.2) is 4.39 Å². The minimum Gasteiger partial charge on any atom is -0.393 e. The van der Waals surface area contributed by atoms with Crippen molar-refractivity contribution >= 4 is 0 Å². The van der Waals surface area contributed by atoms with Crippen LogP contribution >= 0.6 is 0 Å². The Morgan fingerprint density at radius 1 is 0.875 bits per heavy atom. The molecular formula is C20H33FO3. The van der Waals surface area contributed by atoms with Gasteiger partial charge in [0.1, 0.15) is 5.67 Å². The second kappa shape index (κ2) is 4.95. The number of aliphatic hydroxyl groups excluding tert-OH is 2. The Labute approximate surface area is 144 Å². The van der Waals surface area contributed by atoms with Gasteiger partial charge in [0, 0.05) is 10.8 Å². The van der Waals surface area contributed by atoms with Gasteiger partial charge in [-0.2, -0.15) is 0 Å². The molecule has 0 aromatic carbocycles. The van der Waals surface area contributed by atoms with Crippen LogP contribution in [-0.4, -0.2) is 38.8 Å². The maximum atomic E-state index is 16.7. The molecule has 4 rings (SSSR count). The highest BCUT2D eigenvalue weighted by Gasteiger charge is 2.73. The van der Waals surface area contributed by atoms with E-state index in [0.29, 0.717) is 32.1 Å². The number of hydrogen-bond acceptors (Lipinski definition) is 3. The molecule has 1 unspecified atom stereocenters. The van der Waals surface area contributed by atoms with Gasteiger partial charge >= 0.3 is 0 Å². The summed E-state index contributed by atoms with van der Waals surface area (Å²) in [6.07, 6.45) is 4.24. The Kier molecular flexibility index (Phi) is 3.56. The minimum atomic E-state index is -1.58. The zero-order valence-electron chi connectivity index (χ0n) is 15.3. The van der Waals surface area contributed by atoms with E-state index in [1.165, 1.54) is 0 Å². The van der Waals surface area contributed by atoms with Crippen molar-refractivity contribution in [1.82, 2.24) is 0 Å². The van der Waals surface area contributed by atoms with Gasteiger partial charge in [0.25, 0.3) is 0 Å². The number of alkyl halides is 1. The van der Waals surface area contributed by atoms with Gasteiger partial charge in [0.2, 0.25) is 0 Å². The normalized spacial score (nSPS) is 63.4. The third-order valence-corrected chi connectivity index (χ3v) is 9.27. The number of fused-ring (bicyclic) bond motifs is 5. The van der Waals surface area contributed by atoms with Crippen LogP contribution < -0.4 is 0 Å². The second-order valence-electron chi connectivity index (χ2n) is 10.1. The SMILES string of the molecule is C[C@]1(O)CC[C@H]2[C@@H]3CC[C@@H]4CC(O)CC[C@]4(C)[C@@]3(F)[C@@H](O)C[C@@]21C. The van der Waals surface area contributed by atoms with E-state index in [1.807, 2.05) is 13.8 Å². The first-order valence-electron chi connectivity index (χ1n) is 9.84. The fraction of sp³-hybridized carbons (Fsp3) is 1.00. The van der Waals surface area contributed by atoms with Gasteiger partial charge in [0.15, 0.2) is 0 Å². The lowest BCUT2D eigenvalue weighted by molar-refractivity contribution is -0.260. The molecular weight excluding hydrogens is 307 g/mol. The van der Waals surface area contributed by atoms with E-state index in [1.54, 1.807) is 0 Å². The highest BCUT2D eigenvalue weighted by atomic mass is 19.1. The molecule has 4 aliphatic carbocycles. The first kappa shape index (κ1) is 17.2. The molecule has 0 heterocycles. The Hall–Kier alpha value is -0.190. The van der Waals surface area contributed by atoms with E-state index in [2.05, 4.69) is 6.92 Å². The topological polar surface area (TPSA) is 60.7 Å². The van der Waals surface area contributed by atoms with Crippen LogP contribution in [0.1, 0.15) is 72.1 Å². The summed E-state index contributed by atoms with van der Waals surface area (Å²) in [5.41, 5.74) is -3.35. The van der Waals surface area contributed by atoms with Crippen molar-refractivity contribution in [2.75, 3.05) is 0 Å². The molecule has 138 valence electrons. The third kappa shape index (κ3) is 1.83. The van der Waals surface area contributed by atoms with Crippen molar-refractivity contribution in [1.29, 1.82) is 0 Å². The molecule has 4 aliphatic rings. The van der Waals surface area contributed by atoms with E-state index in [4.69, 9.17) is 0 Å². The van der Waals surface area contributed by atoms with Gasteiger partial charge in [-0.15, -0.1) is 0 Å². The van der Waals surface area contributed by atoms with Crippen LogP contribution in [0.5, 0.6) is 0 Å². The van der Waals surface area contributed by atoms with Crippen LogP contribution in [0, 0.1) is 28.6 Å². The quantitative estimate of drug-likeness (QED) is 0.635. The molecule has 3 nitrogen and oxygen atoms in total. The monoisotopic (exact) mass is 340 g/mol. The van der Waals surface area contributed by atoms with E-state index < -0.39 is 28.2 Å². The summed E-state index contributed by atoms with van der Waals surface area (Å²) in [5, 5.41) is 32.0. The standard InChI is InChI=1S/C20H33FO3/c1-17-8-6-13(22)10-12(17)4-5-15-14-7-9-19(3,24)18(14,2)11-16(23)20(15,17)21/h12-16,22-24H,4-11H2,1-3H3/t12-,13?,14+,15+,16+,17+,18+,19+,20+/m1/s1. The largest absolute Gasteiger partial charge is 0.393 e. The van der Waals surface area contributed by atoms with Gasteiger partial charge < -0.3 is 15.3 Å². The maximum Gasteiger partial charge on any atom is 0.145 e. The highest BCUT2D eigenvalue weighted by Crippen LogP contribution is 2.70.